The molecule has 0 saturated heterocycles. The first kappa shape index (κ1) is 17.9. The summed E-state index contributed by atoms with van der Waals surface area (Å²) >= 11 is 6.02. The van der Waals surface area contributed by atoms with Crippen molar-refractivity contribution in [2.75, 3.05) is 18.2 Å². The lowest BCUT2D eigenvalue weighted by atomic mass is 10.3. The predicted octanol–water partition coefficient (Wildman–Crippen LogP) is 3.69. The van der Waals surface area contributed by atoms with Crippen LogP contribution in [0.4, 0.5) is 17.2 Å². The summed E-state index contributed by atoms with van der Waals surface area (Å²) in [6.07, 6.45) is 0. The predicted molar refractivity (Wildman–Crippen MR) is 107 cm³/mol. The Morgan fingerprint density at radius 3 is 2.79 bits per heavy atom. The Balaban J connectivity index is 1.54. The van der Waals surface area contributed by atoms with Crippen LogP contribution in [0, 0.1) is 0 Å². The number of benzene rings is 2. The standard InChI is InChI=1S/C19H17ClN6O2/c1-27-14-5-6-16(15(21)10-14)28-11-19-24-23-18-8-7-17(25-26(18)19)22-13-4-2-3-12(20)9-13/h2-10H,11,21H2,1H3,(H,22,25). The van der Waals surface area contributed by atoms with Crippen LogP contribution in [0.1, 0.15) is 5.82 Å². The number of nitrogens with one attached hydrogen (secondary N) is 1. The Bertz CT molecular complexity index is 1130. The SMILES string of the molecule is COc1ccc(OCc2nnc3ccc(Nc4cccc(Cl)c4)nn23)c(N)c1. The van der Waals surface area contributed by atoms with E-state index in [9.17, 15) is 0 Å². The van der Waals surface area contributed by atoms with E-state index in [2.05, 4.69) is 20.6 Å². The zero-order valence-electron chi connectivity index (χ0n) is 15.0. The first-order valence-electron chi connectivity index (χ1n) is 8.42. The summed E-state index contributed by atoms with van der Waals surface area (Å²) in [6.45, 7) is 0.158. The molecule has 0 radical (unpaired) electrons. The van der Waals surface area contributed by atoms with Gasteiger partial charge in [-0.3, -0.25) is 0 Å². The van der Waals surface area contributed by atoms with Gasteiger partial charge in [0.05, 0.1) is 12.8 Å². The van der Waals surface area contributed by atoms with Crippen LogP contribution in [-0.2, 0) is 6.61 Å². The van der Waals surface area contributed by atoms with Crippen molar-refractivity contribution in [3.05, 3.63) is 65.4 Å². The third-order valence-electron chi connectivity index (χ3n) is 4.00. The second-order valence-corrected chi connectivity index (χ2v) is 6.37. The molecular weight excluding hydrogens is 380 g/mol. The molecule has 0 aliphatic carbocycles. The summed E-state index contributed by atoms with van der Waals surface area (Å²) in [6, 6.07) is 16.2. The maximum Gasteiger partial charge on any atom is 0.192 e. The molecule has 0 unspecified atom stereocenters. The van der Waals surface area contributed by atoms with Gasteiger partial charge >= 0.3 is 0 Å². The van der Waals surface area contributed by atoms with E-state index in [4.69, 9.17) is 26.8 Å². The summed E-state index contributed by atoms with van der Waals surface area (Å²) < 4.78 is 12.5. The van der Waals surface area contributed by atoms with Crippen molar-refractivity contribution in [1.82, 2.24) is 19.8 Å². The molecule has 9 heteroatoms. The number of hydrogen-bond donors (Lipinski definition) is 2. The number of nitrogens with two attached hydrogens (primary N) is 1. The molecular formula is C19H17ClN6O2. The topological polar surface area (TPSA) is 99.6 Å². The molecule has 4 rings (SSSR count). The van der Waals surface area contributed by atoms with Crippen LogP contribution in [0.25, 0.3) is 5.65 Å². The van der Waals surface area contributed by atoms with Crippen LogP contribution >= 0.6 is 11.6 Å². The van der Waals surface area contributed by atoms with Crippen LogP contribution in [-0.4, -0.2) is 26.9 Å². The van der Waals surface area contributed by atoms with Crippen molar-refractivity contribution in [2.24, 2.45) is 0 Å². The molecule has 0 spiro atoms. The second kappa shape index (κ2) is 7.61. The van der Waals surface area contributed by atoms with Crippen molar-refractivity contribution in [2.45, 2.75) is 6.61 Å². The molecule has 3 N–H and O–H groups in total. The van der Waals surface area contributed by atoms with Gasteiger partial charge in [-0.05, 0) is 42.5 Å². The summed E-state index contributed by atoms with van der Waals surface area (Å²) in [7, 11) is 1.58. The van der Waals surface area contributed by atoms with Crippen molar-refractivity contribution >= 4 is 34.4 Å². The average Bonchev–Trinajstić information content (AvgIpc) is 3.09. The molecule has 0 fully saturated rings. The van der Waals surface area contributed by atoms with E-state index >= 15 is 0 Å². The first-order valence-corrected chi connectivity index (χ1v) is 8.80. The Labute approximate surface area is 165 Å². The number of nitrogen functional groups attached to an aromatic ring is 1. The normalized spacial score (nSPS) is 10.8. The van der Waals surface area contributed by atoms with E-state index in [1.165, 1.54) is 0 Å². The maximum atomic E-state index is 6.02. The molecule has 0 amide bonds. The quantitative estimate of drug-likeness (QED) is 0.479. The van der Waals surface area contributed by atoms with Crippen LogP contribution in [0.15, 0.2) is 54.6 Å². The molecule has 28 heavy (non-hydrogen) atoms. The van der Waals surface area contributed by atoms with E-state index in [1.54, 1.807) is 29.8 Å². The molecule has 0 aliphatic rings. The zero-order valence-corrected chi connectivity index (χ0v) is 15.7. The van der Waals surface area contributed by atoms with Gasteiger partial charge in [0, 0.05) is 16.8 Å². The number of fused-ring (bicyclic) bond motifs is 1. The molecule has 0 bridgehead atoms. The van der Waals surface area contributed by atoms with Crippen LogP contribution < -0.4 is 20.5 Å². The smallest absolute Gasteiger partial charge is 0.192 e. The Kier molecular flexibility index (Phi) is 4.86. The van der Waals surface area contributed by atoms with Crippen molar-refractivity contribution in [3.63, 3.8) is 0 Å². The number of hydrogen-bond acceptors (Lipinski definition) is 7. The van der Waals surface area contributed by atoms with Crippen LogP contribution in [0.2, 0.25) is 5.02 Å². The van der Waals surface area contributed by atoms with Crippen molar-refractivity contribution in [1.29, 1.82) is 0 Å². The molecule has 8 nitrogen and oxygen atoms in total. The summed E-state index contributed by atoms with van der Waals surface area (Å²) in [5.74, 6) is 2.36. The number of anilines is 3. The molecule has 0 atom stereocenters. The Hall–Kier alpha value is -3.52. The summed E-state index contributed by atoms with van der Waals surface area (Å²) in [5, 5.41) is 16.6. The lowest BCUT2D eigenvalue weighted by molar-refractivity contribution is 0.294. The van der Waals surface area contributed by atoms with Crippen LogP contribution in [0.5, 0.6) is 11.5 Å². The van der Waals surface area contributed by atoms with E-state index in [0.717, 1.165) is 5.69 Å². The molecule has 0 aliphatic heterocycles. The third-order valence-corrected chi connectivity index (χ3v) is 4.23. The van der Waals surface area contributed by atoms with Crippen molar-refractivity contribution in [3.8, 4) is 11.5 Å². The fourth-order valence-corrected chi connectivity index (χ4v) is 2.82. The van der Waals surface area contributed by atoms with Crippen molar-refractivity contribution < 1.29 is 9.47 Å². The Morgan fingerprint density at radius 1 is 1.11 bits per heavy atom. The third kappa shape index (κ3) is 3.77. The highest BCUT2D eigenvalue weighted by atomic mass is 35.5. The van der Waals surface area contributed by atoms with Crippen LogP contribution in [0.3, 0.4) is 0 Å². The van der Waals surface area contributed by atoms with E-state index < -0.39 is 0 Å². The molecule has 0 saturated carbocycles. The summed E-state index contributed by atoms with van der Waals surface area (Å²) in [4.78, 5) is 0. The monoisotopic (exact) mass is 396 g/mol. The number of ether oxygens (including phenoxy) is 2. The fourth-order valence-electron chi connectivity index (χ4n) is 2.63. The largest absolute Gasteiger partial charge is 0.497 e. The minimum atomic E-state index is 0.158. The van der Waals surface area contributed by atoms with Gasteiger partial charge in [-0.25, -0.2) is 0 Å². The zero-order chi connectivity index (χ0) is 19.5. The molecule has 2 heterocycles. The molecule has 142 valence electrons. The molecule has 2 aromatic heterocycles. The highest BCUT2D eigenvalue weighted by Gasteiger charge is 2.10. The first-order chi connectivity index (χ1) is 13.6. The lowest BCUT2D eigenvalue weighted by Crippen LogP contribution is -2.06. The van der Waals surface area contributed by atoms with Gasteiger partial charge in [0.15, 0.2) is 17.3 Å². The average molecular weight is 397 g/mol. The second-order valence-electron chi connectivity index (χ2n) is 5.93. The van der Waals surface area contributed by atoms with Gasteiger partial charge in [-0.15, -0.1) is 15.3 Å². The highest BCUT2D eigenvalue weighted by molar-refractivity contribution is 6.30. The maximum absolute atomic E-state index is 6.02. The highest BCUT2D eigenvalue weighted by Crippen LogP contribution is 2.27. The van der Waals surface area contributed by atoms with Gasteiger partial charge in [-0.1, -0.05) is 17.7 Å². The van der Waals surface area contributed by atoms with E-state index in [-0.39, 0.29) is 6.61 Å². The number of nitrogens with zero attached hydrogens (tertiary/aromatic N) is 4. The lowest BCUT2D eigenvalue weighted by Gasteiger charge is -2.10. The minimum Gasteiger partial charge on any atom is -0.497 e. The fraction of sp³-hybridized carbons (Fsp3) is 0.105. The number of halogens is 1. The van der Waals surface area contributed by atoms with E-state index in [1.807, 2.05) is 36.4 Å². The summed E-state index contributed by atoms with van der Waals surface area (Å²) in [5.41, 5.74) is 7.90. The van der Waals surface area contributed by atoms with Gasteiger partial charge in [-0.2, -0.15) is 4.52 Å². The van der Waals surface area contributed by atoms with Gasteiger partial charge in [0.25, 0.3) is 0 Å². The van der Waals surface area contributed by atoms with E-state index in [0.29, 0.717) is 39.5 Å². The minimum absolute atomic E-state index is 0.158. The Morgan fingerprint density at radius 2 is 2.00 bits per heavy atom. The molecule has 2 aromatic carbocycles. The number of methoxy groups -OCH3 is 1. The number of rotatable bonds is 6. The van der Waals surface area contributed by atoms with Gasteiger partial charge < -0.3 is 20.5 Å². The molecule has 4 aromatic rings. The van der Waals surface area contributed by atoms with Gasteiger partial charge in [0.2, 0.25) is 0 Å². The number of aromatic nitrogens is 4. The van der Waals surface area contributed by atoms with Gasteiger partial charge in [0.1, 0.15) is 18.1 Å².